The molecule has 5 amide bonds. The van der Waals surface area contributed by atoms with Crippen LogP contribution < -0.4 is 11.1 Å². The first-order valence-electron chi connectivity index (χ1n) is 18.8. The van der Waals surface area contributed by atoms with Gasteiger partial charge in [0.05, 0.1) is 0 Å². The number of methoxy groups -OCH3 is 1. The van der Waals surface area contributed by atoms with Gasteiger partial charge >= 0.3 is 12.1 Å². The first-order valence-corrected chi connectivity index (χ1v) is 18.8. The van der Waals surface area contributed by atoms with Crippen LogP contribution in [0.25, 0.3) is 0 Å². The Morgan fingerprint density at radius 3 is 2.10 bits per heavy atom. The van der Waals surface area contributed by atoms with E-state index in [9.17, 15) is 24.3 Å². The molecule has 4 heterocycles. The lowest BCUT2D eigenvalue weighted by Crippen LogP contribution is -2.52. The SMILES string of the molecule is COC(C(N)=O)N1CCC(C2CCN(C(=O)[C@@H](Cc3cc(C)c(O)c(C)c3)OC(=O)N3CCC(N4CCc5ccccc5NC4=O)CC3)CC2)CC1. The van der Waals surface area contributed by atoms with Crippen LogP contribution in [0.4, 0.5) is 15.3 Å². The van der Waals surface area contributed by atoms with E-state index in [-0.39, 0.29) is 30.2 Å². The van der Waals surface area contributed by atoms with Crippen molar-refractivity contribution in [3.63, 3.8) is 0 Å². The van der Waals surface area contributed by atoms with Crippen LogP contribution in [0, 0.1) is 25.7 Å². The van der Waals surface area contributed by atoms with Crippen molar-refractivity contribution in [2.45, 2.75) is 83.6 Å². The number of primary amides is 1. The van der Waals surface area contributed by atoms with E-state index in [1.807, 2.05) is 64.9 Å². The highest BCUT2D eigenvalue weighted by Gasteiger charge is 2.38. The van der Waals surface area contributed by atoms with Crippen molar-refractivity contribution >= 4 is 29.6 Å². The molecular weight excluding hydrogens is 664 g/mol. The molecule has 1 unspecified atom stereocenters. The summed E-state index contributed by atoms with van der Waals surface area (Å²) in [7, 11) is 1.50. The Hall–Kier alpha value is -4.36. The van der Waals surface area contributed by atoms with E-state index >= 15 is 0 Å². The van der Waals surface area contributed by atoms with Gasteiger partial charge in [-0.15, -0.1) is 0 Å². The number of amides is 5. The molecule has 2 atom stereocenters. The summed E-state index contributed by atoms with van der Waals surface area (Å²) in [6.45, 7) is 7.75. The molecule has 3 fully saturated rings. The second-order valence-electron chi connectivity index (χ2n) is 14.9. The zero-order chi connectivity index (χ0) is 36.9. The zero-order valence-corrected chi connectivity index (χ0v) is 30.7. The van der Waals surface area contributed by atoms with Crippen LogP contribution >= 0.6 is 0 Å². The molecule has 0 radical (unpaired) electrons. The summed E-state index contributed by atoms with van der Waals surface area (Å²) < 4.78 is 11.4. The Balaban J connectivity index is 1.06. The predicted molar refractivity (Wildman–Crippen MR) is 196 cm³/mol. The van der Waals surface area contributed by atoms with Gasteiger partial charge in [0.1, 0.15) is 5.75 Å². The lowest BCUT2D eigenvalue weighted by molar-refractivity contribution is -0.143. The second-order valence-corrected chi connectivity index (χ2v) is 14.9. The van der Waals surface area contributed by atoms with E-state index in [0.29, 0.717) is 68.5 Å². The average Bonchev–Trinajstić information content (AvgIpc) is 3.31. The first-order chi connectivity index (χ1) is 25.0. The van der Waals surface area contributed by atoms with Crippen LogP contribution in [0.15, 0.2) is 36.4 Å². The van der Waals surface area contributed by atoms with E-state index in [4.69, 9.17) is 15.2 Å². The molecule has 13 heteroatoms. The Morgan fingerprint density at radius 2 is 1.48 bits per heavy atom. The molecule has 13 nitrogen and oxygen atoms in total. The number of benzene rings is 2. The second kappa shape index (κ2) is 16.5. The Kier molecular flexibility index (Phi) is 11.9. The molecule has 2 aromatic carbocycles. The summed E-state index contributed by atoms with van der Waals surface area (Å²) in [4.78, 5) is 60.1. The molecule has 6 rings (SSSR count). The highest BCUT2D eigenvalue weighted by molar-refractivity contribution is 5.91. The maximum absolute atomic E-state index is 14.1. The molecule has 4 aliphatic heterocycles. The molecule has 0 spiro atoms. The maximum atomic E-state index is 14.1. The topological polar surface area (TPSA) is 158 Å². The van der Waals surface area contributed by atoms with Gasteiger partial charge in [-0.2, -0.15) is 0 Å². The summed E-state index contributed by atoms with van der Waals surface area (Å²) in [5.74, 6) is 0.498. The van der Waals surface area contributed by atoms with Gasteiger partial charge in [0.25, 0.3) is 11.8 Å². The van der Waals surface area contributed by atoms with Crippen molar-refractivity contribution in [2.24, 2.45) is 17.6 Å². The van der Waals surface area contributed by atoms with E-state index in [0.717, 1.165) is 62.0 Å². The van der Waals surface area contributed by atoms with Crippen molar-refractivity contribution in [3.8, 4) is 5.75 Å². The normalized spacial score (nSPS) is 20.8. The van der Waals surface area contributed by atoms with E-state index in [2.05, 4.69) is 5.32 Å². The van der Waals surface area contributed by atoms with Gasteiger partial charge in [0, 0.05) is 71.1 Å². The van der Waals surface area contributed by atoms with E-state index < -0.39 is 24.3 Å². The van der Waals surface area contributed by atoms with Gasteiger partial charge < -0.3 is 40.3 Å². The number of carbonyl (C=O) groups excluding carboxylic acids is 4. The summed E-state index contributed by atoms with van der Waals surface area (Å²) in [5, 5.41) is 13.4. The number of carbonyl (C=O) groups is 4. The van der Waals surface area contributed by atoms with Crippen LogP contribution in [0.2, 0.25) is 0 Å². The minimum atomic E-state index is -1.01. The predicted octanol–water partition coefficient (Wildman–Crippen LogP) is 4.02. The molecule has 0 aliphatic carbocycles. The van der Waals surface area contributed by atoms with Crippen molar-refractivity contribution in [3.05, 3.63) is 58.7 Å². The van der Waals surface area contributed by atoms with Gasteiger partial charge in [-0.05, 0) is 98.9 Å². The molecule has 282 valence electrons. The number of fused-ring (bicyclic) bond motifs is 1. The van der Waals surface area contributed by atoms with Crippen molar-refractivity contribution in [1.82, 2.24) is 19.6 Å². The van der Waals surface area contributed by atoms with Crippen LogP contribution in [0.3, 0.4) is 0 Å². The number of nitrogens with one attached hydrogen (secondary N) is 1. The Bertz CT molecular complexity index is 1590. The third kappa shape index (κ3) is 8.47. The largest absolute Gasteiger partial charge is 0.507 e. The monoisotopic (exact) mass is 718 g/mol. The first kappa shape index (κ1) is 37.4. The van der Waals surface area contributed by atoms with E-state index in [1.54, 1.807) is 4.90 Å². The fraction of sp³-hybridized carbons (Fsp3) is 0.590. The fourth-order valence-corrected chi connectivity index (χ4v) is 8.72. The Labute approximate surface area is 306 Å². The molecule has 4 N–H and O–H groups in total. The molecule has 52 heavy (non-hydrogen) atoms. The lowest BCUT2D eigenvalue weighted by atomic mass is 9.78. The average molecular weight is 719 g/mol. The van der Waals surface area contributed by atoms with E-state index in [1.165, 1.54) is 7.11 Å². The third-order valence-corrected chi connectivity index (χ3v) is 11.7. The van der Waals surface area contributed by atoms with Gasteiger partial charge in [-0.3, -0.25) is 14.5 Å². The van der Waals surface area contributed by atoms with Gasteiger partial charge in [0.2, 0.25) is 0 Å². The number of piperidine rings is 3. The smallest absolute Gasteiger partial charge is 0.410 e. The van der Waals surface area contributed by atoms with Crippen LogP contribution in [-0.4, -0.2) is 120 Å². The Morgan fingerprint density at radius 1 is 0.885 bits per heavy atom. The standard InChI is InChI=1S/C39H54N6O7/c1-25-22-27(23-26(2)34(25)46)24-33(36(48)42-15-8-28(9-16-42)29-10-17-43(18-11-29)37(51-3)35(40)47)52-39(50)44-19-13-31(14-20-44)45-21-12-30-6-4-5-7-32(30)41-38(45)49/h4-7,22-23,28-29,31,33,37,46H,8-21,24H2,1-3H3,(H2,40,47)(H,41,49)/t33-,37?/m1/s1. The highest BCUT2D eigenvalue weighted by Crippen LogP contribution is 2.34. The fourth-order valence-electron chi connectivity index (χ4n) is 8.72. The molecule has 3 saturated heterocycles. The van der Waals surface area contributed by atoms with Crippen LogP contribution in [0.5, 0.6) is 5.75 Å². The number of phenolic OH excluding ortho intramolecular Hbond substituents is 1. The highest BCUT2D eigenvalue weighted by atomic mass is 16.6. The number of hydrogen-bond acceptors (Lipinski definition) is 8. The number of aryl methyl sites for hydroxylation is 2. The van der Waals surface area contributed by atoms with Crippen molar-refractivity contribution < 1.29 is 33.8 Å². The summed E-state index contributed by atoms with van der Waals surface area (Å²) in [6, 6.07) is 11.4. The number of phenols is 1. The number of para-hydroxylation sites is 1. The number of anilines is 1. The number of rotatable bonds is 9. The maximum Gasteiger partial charge on any atom is 0.410 e. The summed E-state index contributed by atoms with van der Waals surface area (Å²) in [5.41, 5.74) is 9.70. The van der Waals surface area contributed by atoms with Crippen LogP contribution in [0.1, 0.15) is 60.8 Å². The summed E-state index contributed by atoms with van der Waals surface area (Å²) in [6.07, 6.45) is 3.58. The molecule has 2 aromatic rings. The summed E-state index contributed by atoms with van der Waals surface area (Å²) >= 11 is 0. The molecule has 0 bridgehead atoms. The van der Waals surface area contributed by atoms with Gasteiger partial charge in [0.15, 0.2) is 12.3 Å². The molecule has 0 saturated carbocycles. The molecule has 4 aliphatic rings. The van der Waals surface area contributed by atoms with Crippen molar-refractivity contribution in [2.75, 3.05) is 58.2 Å². The minimum absolute atomic E-state index is 0.00294. The molecular formula is C39H54N6O7. The number of aromatic hydroxyl groups is 1. The zero-order valence-electron chi connectivity index (χ0n) is 30.7. The van der Waals surface area contributed by atoms with Crippen molar-refractivity contribution in [1.29, 1.82) is 0 Å². The van der Waals surface area contributed by atoms with Crippen LogP contribution in [-0.2, 0) is 31.9 Å². The molecule has 0 aromatic heterocycles. The number of nitrogens with two attached hydrogens (primary N) is 1. The number of nitrogens with zero attached hydrogens (tertiary/aromatic N) is 4. The minimum Gasteiger partial charge on any atom is -0.507 e. The van der Waals surface area contributed by atoms with Gasteiger partial charge in [-0.25, -0.2) is 9.59 Å². The lowest BCUT2D eigenvalue weighted by Gasteiger charge is -2.42. The number of likely N-dealkylation sites (tertiary alicyclic amines) is 3. The number of hydrogen-bond donors (Lipinski definition) is 3. The number of ether oxygens (including phenoxy) is 2. The number of urea groups is 1. The van der Waals surface area contributed by atoms with Gasteiger partial charge in [-0.1, -0.05) is 30.3 Å². The quantitative estimate of drug-likeness (QED) is 0.351. The third-order valence-electron chi connectivity index (χ3n) is 11.7.